The van der Waals surface area contributed by atoms with Crippen LogP contribution >= 0.6 is 0 Å². The number of hydrogen-bond donors (Lipinski definition) is 0. The van der Waals surface area contributed by atoms with E-state index in [1.807, 2.05) is 48.9 Å². The molecule has 0 aromatic heterocycles. The van der Waals surface area contributed by atoms with Gasteiger partial charge in [-0.15, -0.1) is 11.4 Å². The van der Waals surface area contributed by atoms with E-state index in [0.717, 1.165) is 11.4 Å². The summed E-state index contributed by atoms with van der Waals surface area (Å²) in [4.78, 5) is 9.36. The molecule has 2 saturated carbocycles. The van der Waals surface area contributed by atoms with Gasteiger partial charge >= 0.3 is 17.1 Å². The van der Waals surface area contributed by atoms with Crippen molar-refractivity contribution in [1.82, 2.24) is 19.6 Å². The molecule has 6 nitrogen and oxygen atoms in total. The summed E-state index contributed by atoms with van der Waals surface area (Å²) in [5.74, 6) is 0. The molecule has 4 heterocycles. The fraction of sp³-hybridized carbons (Fsp3) is 0.471. The van der Waals surface area contributed by atoms with Gasteiger partial charge in [0.1, 0.15) is 0 Å². The minimum atomic E-state index is 0. The largest absolute Gasteiger partial charge is 4.00 e. The van der Waals surface area contributed by atoms with Crippen LogP contribution in [0.1, 0.15) is 91.9 Å². The van der Waals surface area contributed by atoms with Crippen LogP contribution in [0.2, 0.25) is 0 Å². The topological polar surface area (TPSA) is 41.2 Å². The van der Waals surface area contributed by atoms with Gasteiger partial charge in [0.05, 0.1) is 0 Å². The first-order valence-electron chi connectivity index (χ1n) is 15.2. The second-order valence-corrected chi connectivity index (χ2v) is 11.6. The van der Waals surface area contributed by atoms with E-state index in [2.05, 4.69) is 83.7 Å². The molecule has 0 aromatic rings. The van der Waals surface area contributed by atoms with Crippen molar-refractivity contribution in [1.29, 1.82) is 0 Å². The average molecular weight is 595 g/mol. The number of hydrogen-bond acceptors (Lipinski definition) is 4. The minimum Gasteiger partial charge on any atom is -0.663 e. The normalized spacial score (nSPS) is 25.2. The summed E-state index contributed by atoms with van der Waals surface area (Å²) >= 11 is 0. The minimum absolute atomic E-state index is 0. The summed E-state index contributed by atoms with van der Waals surface area (Å²) in [5, 5.41) is 8.76. The van der Waals surface area contributed by atoms with Crippen LogP contribution in [0.5, 0.6) is 0 Å². The Morgan fingerprint density at radius 2 is 0.976 bits per heavy atom. The van der Waals surface area contributed by atoms with Crippen LogP contribution in [0.25, 0.3) is 10.6 Å². The summed E-state index contributed by atoms with van der Waals surface area (Å²) < 4.78 is 0. The summed E-state index contributed by atoms with van der Waals surface area (Å²) in [5.41, 5.74) is 7.37. The molecule has 7 heteroatoms. The summed E-state index contributed by atoms with van der Waals surface area (Å²) in [7, 11) is 0. The number of allylic oxidation sites excluding steroid dienone is 10. The molecule has 220 valence electrons. The van der Waals surface area contributed by atoms with E-state index in [1.165, 1.54) is 87.0 Å². The first kappa shape index (κ1) is 31.2. The van der Waals surface area contributed by atoms with Crippen LogP contribution in [0.15, 0.2) is 95.4 Å². The summed E-state index contributed by atoms with van der Waals surface area (Å²) in [6.07, 6.45) is 33.5. The molecule has 0 radical (unpaired) electrons. The molecule has 2 aliphatic carbocycles. The molecular formula is C34H46FeN6. The maximum Gasteiger partial charge on any atom is 4.00 e. The van der Waals surface area contributed by atoms with Gasteiger partial charge in [-0.1, -0.05) is 75.0 Å². The zero-order chi connectivity index (χ0) is 27.9. The van der Waals surface area contributed by atoms with Gasteiger partial charge < -0.3 is 30.2 Å². The zero-order valence-electron chi connectivity index (χ0n) is 25.2. The van der Waals surface area contributed by atoms with Gasteiger partial charge in [-0.25, -0.2) is 0 Å². The summed E-state index contributed by atoms with van der Waals surface area (Å²) in [6.45, 7) is 13.3. The van der Waals surface area contributed by atoms with Crippen LogP contribution < -0.4 is 0 Å². The Labute approximate surface area is 259 Å². The van der Waals surface area contributed by atoms with E-state index in [4.69, 9.17) is 0 Å². The van der Waals surface area contributed by atoms with Crippen molar-refractivity contribution in [2.45, 2.75) is 104 Å². The number of nitrogens with zero attached hydrogens (tertiary/aromatic N) is 6. The number of rotatable bonds is 4. The maximum absolute atomic E-state index is 4.38. The Morgan fingerprint density at radius 3 is 1.32 bits per heavy atom. The Hall–Kier alpha value is -2.76. The predicted octanol–water partition coefficient (Wildman–Crippen LogP) is 9.21. The van der Waals surface area contributed by atoms with Crippen molar-refractivity contribution in [3.63, 3.8) is 0 Å². The molecule has 0 bridgehead atoms. The molecule has 6 rings (SSSR count). The van der Waals surface area contributed by atoms with Gasteiger partial charge in [0.25, 0.3) is 0 Å². The molecule has 6 aliphatic rings. The van der Waals surface area contributed by atoms with Crippen LogP contribution in [0.4, 0.5) is 0 Å². The van der Waals surface area contributed by atoms with Gasteiger partial charge in [0, 0.05) is 23.5 Å². The third-order valence-electron chi connectivity index (χ3n) is 8.95. The van der Waals surface area contributed by atoms with Crippen molar-refractivity contribution in [2.75, 3.05) is 0 Å². The molecule has 0 spiro atoms. The first-order chi connectivity index (χ1) is 19.5. The Morgan fingerprint density at radius 1 is 0.585 bits per heavy atom. The van der Waals surface area contributed by atoms with Crippen molar-refractivity contribution in [3.8, 4) is 0 Å². The SMILES string of the molecule is CC1=C(C)N(C2CCCCC2)[CH-]N1/C=C1/C=CC=C[N-]1.CC1=C(C)N(C2CCCCC2)[CH-]N1/C=C1/C=CC=C[N-]1.[Fe+4]. The zero-order valence-corrected chi connectivity index (χ0v) is 26.3. The molecular weight excluding hydrogens is 548 g/mol. The smallest absolute Gasteiger partial charge is 0.663 e. The van der Waals surface area contributed by atoms with E-state index in [1.54, 1.807) is 0 Å². The van der Waals surface area contributed by atoms with Gasteiger partial charge in [0.2, 0.25) is 0 Å². The molecule has 0 amide bonds. The van der Waals surface area contributed by atoms with E-state index in [-0.39, 0.29) is 17.1 Å². The fourth-order valence-corrected chi connectivity index (χ4v) is 6.27. The average Bonchev–Trinajstić information content (AvgIpc) is 3.45. The molecule has 0 atom stereocenters. The van der Waals surface area contributed by atoms with Crippen molar-refractivity contribution < 1.29 is 17.1 Å². The molecule has 0 aromatic carbocycles. The van der Waals surface area contributed by atoms with Gasteiger partial charge in [0.15, 0.2) is 0 Å². The van der Waals surface area contributed by atoms with Gasteiger partial charge in [-0.2, -0.15) is 25.7 Å². The maximum atomic E-state index is 4.38. The predicted molar refractivity (Wildman–Crippen MR) is 166 cm³/mol. The molecule has 4 aliphatic heterocycles. The standard InChI is InChI=1S/2C17H23N3.Fe/c2*1-14-15(2)20(17-9-4-3-5-10-17)13-19(14)12-16-8-6-7-11-18-16;/h2*6-8,11-13,17H,3-5,9-10H2,1-2H3;/q2*-2;+4/b2*16-12-;. The first-order valence-corrected chi connectivity index (χ1v) is 15.2. The molecule has 41 heavy (non-hydrogen) atoms. The Balaban J connectivity index is 0.000000184. The van der Waals surface area contributed by atoms with Gasteiger partial charge in [-0.05, 0) is 77.2 Å². The van der Waals surface area contributed by atoms with Crippen molar-refractivity contribution in [3.05, 3.63) is 119 Å². The summed E-state index contributed by atoms with van der Waals surface area (Å²) in [6, 6.07) is 1.36. The quantitative estimate of drug-likeness (QED) is 0.240. The van der Waals surface area contributed by atoms with E-state index in [9.17, 15) is 0 Å². The fourth-order valence-electron chi connectivity index (χ4n) is 6.27. The van der Waals surface area contributed by atoms with Crippen LogP contribution in [0.3, 0.4) is 0 Å². The van der Waals surface area contributed by atoms with E-state index in [0.29, 0.717) is 12.1 Å². The van der Waals surface area contributed by atoms with Crippen LogP contribution in [-0.4, -0.2) is 31.7 Å². The Kier molecular flexibility index (Phi) is 11.4. The van der Waals surface area contributed by atoms with Crippen LogP contribution in [0, 0.1) is 13.3 Å². The third kappa shape index (κ3) is 7.75. The van der Waals surface area contributed by atoms with Gasteiger partial charge in [-0.3, -0.25) is 0 Å². The van der Waals surface area contributed by atoms with Crippen molar-refractivity contribution >= 4 is 0 Å². The Bertz CT molecular complexity index is 1050. The molecule has 0 N–H and O–H groups in total. The molecule has 0 saturated heterocycles. The third-order valence-corrected chi connectivity index (χ3v) is 8.95. The monoisotopic (exact) mass is 594 g/mol. The van der Waals surface area contributed by atoms with Crippen LogP contribution in [-0.2, 0) is 17.1 Å². The van der Waals surface area contributed by atoms with E-state index >= 15 is 0 Å². The van der Waals surface area contributed by atoms with E-state index < -0.39 is 0 Å². The molecule has 2 fully saturated rings. The second kappa shape index (κ2) is 14.9. The second-order valence-electron chi connectivity index (χ2n) is 11.6. The molecule has 0 unspecified atom stereocenters. The van der Waals surface area contributed by atoms with Crippen molar-refractivity contribution in [2.24, 2.45) is 0 Å².